The van der Waals surface area contributed by atoms with Gasteiger partial charge in [0, 0.05) is 24.8 Å². The maximum atomic E-state index is 13.0. The number of rotatable bonds is 5. The number of hydrogen-bond donors (Lipinski definition) is 1. The molecule has 3 aromatic rings. The summed E-state index contributed by atoms with van der Waals surface area (Å²) in [5.41, 5.74) is 1.63. The molecule has 4 rings (SSSR count). The standard InChI is InChI=1S/C25H22N6O/c26-19-20(24(32)30-25(11-1-2-12-25)21-9-14-27-15-10-21)18-23-7-3-6-22(29-23)8-4-16-31-17-5-13-28-31/h3,5-7,9-10,13-15,17-18H,1-2,11-12,16H2,(H,30,32). The molecule has 0 radical (unpaired) electrons. The minimum absolute atomic E-state index is 0.0134. The number of nitrogens with zero attached hydrogens (tertiary/aromatic N) is 5. The Hall–Kier alpha value is -4.23. The predicted octanol–water partition coefficient (Wildman–Crippen LogP) is 3.22. The second kappa shape index (κ2) is 9.72. The number of carbonyl (C=O) groups excluding carboxylic acids is 1. The van der Waals surface area contributed by atoms with Gasteiger partial charge in [0.15, 0.2) is 0 Å². The van der Waals surface area contributed by atoms with Crippen molar-refractivity contribution in [3.63, 3.8) is 0 Å². The predicted molar refractivity (Wildman–Crippen MR) is 119 cm³/mol. The van der Waals surface area contributed by atoms with E-state index in [0.29, 0.717) is 17.9 Å². The third kappa shape index (κ3) is 4.91. The summed E-state index contributed by atoms with van der Waals surface area (Å²) < 4.78 is 1.72. The van der Waals surface area contributed by atoms with E-state index in [9.17, 15) is 10.1 Å². The van der Waals surface area contributed by atoms with Gasteiger partial charge in [-0.25, -0.2) is 4.98 Å². The van der Waals surface area contributed by atoms with Crippen molar-refractivity contribution in [3.8, 4) is 17.9 Å². The van der Waals surface area contributed by atoms with Crippen LogP contribution in [0.15, 0.2) is 66.8 Å². The molecule has 1 aliphatic carbocycles. The fraction of sp³-hybridized carbons (Fsp3) is 0.240. The molecule has 3 aromatic heterocycles. The van der Waals surface area contributed by atoms with E-state index >= 15 is 0 Å². The molecular weight excluding hydrogens is 400 g/mol. The number of aromatic nitrogens is 4. The summed E-state index contributed by atoms with van der Waals surface area (Å²) in [5, 5.41) is 16.9. The molecule has 7 heteroatoms. The van der Waals surface area contributed by atoms with E-state index in [2.05, 4.69) is 32.2 Å². The molecule has 0 bridgehead atoms. The second-order valence-electron chi connectivity index (χ2n) is 7.60. The van der Waals surface area contributed by atoms with Gasteiger partial charge in [0.1, 0.15) is 23.9 Å². The fourth-order valence-electron chi connectivity index (χ4n) is 3.92. The van der Waals surface area contributed by atoms with E-state index in [1.165, 1.54) is 6.08 Å². The maximum Gasteiger partial charge on any atom is 0.262 e. The molecule has 1 amide bonds. The summed E-state index contributed by atoms with van der Waals surface area (Å²) in [6.07, 6.45) is 12.2. The quantitative estimate of drug-likeness (QED) is 0.387. The molecule has 1 fully saturated rings. The molecule has 0 atom stereocenters. The number of hydrogen-bond acceptors (Lipinski definition) is 5. The molecule has 1 N–H and O–H groups in total. The fourth-order valence-corrected chi connectivity index (χ4v) is 3.92. The Balaban J connectivity index is 1.52. The van der Waals surface area contributed by atoms with Crippen LogP contribution in [0.25, 0.3) is 6.08 Å². The van der Waals surface area contributed by atoms with Crippen LogP contribution >= 0.6 is 0 Å². The summed E-state index contributed by atoms with van der Waals surface area (Å²) in [6.45, 7) is 0.456. The highest BCUT2D eigenvalue weighted by Gasteiger charge is 2.37. The lowest BCUT2D eigenvalue weighted by molar-refractivity contribution is -0.119. The van der Waals surface area contributed by atoms with Crippen molar-refractivity contribution in [2.24, 2.45) is 0 Å². The summed E-state index contributed by atoms with van der Waals surface area (Å²) in [7, 11) is 0. The molecular formula is C25H22N6O. The first kappa shape index (κ1) is 21.0. The summed E-state index contributed by atoms with van der Waals surface area (Å²) >= 11 is 0. The summed E-state index contributed by atoms with van der Waals surface area (Å²) in [5.74, 6) is 5.60. The van der Waals surface area contributed by atoms with Crippen molar-refractivity contribution in [1.82, 2.24) is 25.1 Å². The van der Waals surface area contributed by atoms with Gasteiger partial charge in [0.2, 0.25) is 0 Å². The van der Waals surface area contributed by atoms with Gasteiger partial charge in [-0.05, 0) is 60.7 Å². The zero-order chi connectivity index (χ0) is 22.2. The number of pyridine rings is 2. The highest BCUT2D eigenvalue weighted by atomic mass is 16.1. The monoisotopic (exact) mass is 422 g/mol. The molecule has 3 heterocycles. The smallest absolute Gasteiger partial charge is 0.262 e. The Morgan fingerprint density at radius 3 is 2.69 bits per heavy atom. The minimum atomic E-state index is -0.469. The van der Waals surface area contributed by atoms with E-state index in [1.54, 1.807) is 41.5 Å². The first-order valence-corrected chi connectivity index (χ1v) is 10.5. The van der Waals surface area contributed by atoms with Gasteiger partial charge < -0.3 is 5.32 Å². The number of nitrogens with one attached hydrogen (secondary N) is 1. The second-order valence-corrected chi connectivity index (χ2v) is 7.60. The molecule has 0 saturated heterocycles. The highest BCUT2D eigenvalue weighted by Crippen LogP contribution is 2.38. The molecule has 1 saturated carbocycles. The lowest BCUT2D eigenvalue weighted by atomic mass is 9.88. The van der Waals surface area contributed by atoms with Gasteiger partial charge in [-0.2, -0.15) is 10.4 Å². The van der Waals surface area contributed by atoms with Crippen LogP contribution in [0.3, 0.4) is 0 Å². The van der Waals surface area contributed by atoms with Gasteiger partial charge in [-0.3, -0.25) is 14.5 Å². The highest BCUT2D eigenvalue weighted by molar-refractivity contribution is 6.02. The largest absolute Gasteiger partial charge is 0.342 e. The maximum absolute atomic E-state index is 13.0. The molecule has 0 aromatic carbocycles. The minimum Gasteiger partial charge on any atom is -0.342 e. The average Bonchev–Trinajstić information content (AvgIpc) is 3.51. The van der Waals surface area contributed by atoms with Crippen LogP contribution in [0, 0.1) is 23.2 Å². The zero-order valence-corrected chi connectivity index (χ0v) is 17.5. The Kier molecular flexibility index (Phi) is 6.38. The molecule has 0 aliphatic heterocycles. The Labute approximate surface area is 186 Å². The van der Waals surface area contributed by atoms with Gasteiger partial charge in [-0.1, -0.05) is 24.8 Å². The Morgan fingerprint density at radius 1 is 1.16 bits per heavy atom. The van der Waals surface area contributed by atoms with Gasteiger partial charge in [0.05, 0.1) is 11.2 Å². The summed E-state index contributed by atoms with van der Waals surface area (Å²) in [6, 6.07) is 13.1. The van der Waals surface area contributed by atoms with Crippen LogP contribution in [-0.4, -0.2) is 25.7 Å². The van der Waals surface area contributed by atoms with Crippen molar-refractivity contribution < 1.29 is 4.79 Å². The molecule has 1 aliphatic rings. The molecule has 7 nitrogen and oxygen atoms in total. The molecule has 0 unspecified atom stereocenters. The number of amides is 1. The van der Waals surface area contributed by atoms with Crippen molar-refractivity contribution in [2.75, 3.05) is 0 Å². The zero-order valence-electron chi connectivity index (χ0n) is 17.5. The average molecular weight is 422 g/mol. The normalized spacial score (nSPS) is 14.8. The van der Waals surface area contributed by atoms with Crippen molar-refractivity contribution in [2.45, 2.75) is 37.8 Å². The Morgan fingerprint density at radius 2 is 1.97 bits per heavy atom. The first-order valence-electron chi connectivity index (χ1n) is 10.5. The van der Waals surface area contributed by atoms with Crippen LogP contribution < -0.4 is 5.32 Å². The van der Waals surface area contributed by atoms with Crippen LogP contribution in [0.2, 0.25) is 0 Å². The third-order valence-corrected chi connectivity index (χ3v) is 5.49. The molecule has 0 spiro atoms. The van der Waals surface area contributed by atoms with E-state index < -0.39 is 11.4 Å². The topological polar surface area (TPSA) is 96.5 Å². The Bertz CT molecular complexity index is 1210. The van der Waals surface area contributed by atoms with E-state index in [0.717, 1.165) is 31.2 Å². The molecule has 158 valence electrons. The van der Waals surface area contributed by atoms with Gasteiger partial charge >= 0.3 is 0 Å². The van der Waals surface area contributed by atoms with E-state index in [-0.39, 0.29) is 5.57 Å². The van der Waals surface area contributed by atoms with Crippen molar-refractivity contribution in [3.05, 3.63) is 83.7 Å². The third-order valence-electron chi connectivity index (χ3n) is 5.49. The van der Waals surface area contributed by atoms with Crippen LogP contribution in [0.5, 0.6) is 0 Å². The van der Waals surface area contributed by atoms with Crippen LogP contribution in [0.1, 0.15) is 42.6 Å². The van der Waals surface area contributed by atoms with Gasteiger partial charge in [0.25, 0.3) is 5.91 Å². The number of nitriles is 1. The number of carbonyl (C=O) groups is 1. The van der Waals surface area contributed by atoms with Crippen molar-refractivity contribution in [1.29, 1.82) is 5.26 Å². The lowest BCUT2D eigenvalue weighted by Gasteiger charge is -2.30. The first-order chi connectivity index (χ1) is 15.7. The van der Waals surface area contributed by atoms with E-state index in [4.69, 9.17) is 0 Å². The SMILES string of the molecule is N#CC(=Cc1cccc(C#CCn2cccn2)n1)C(=O)NC1(c2ccncc2)CCCC1. The van der Waals surface area contributed by atoms with Crippen molar-refractivity contribution >= 4 is 12.0 Å². The lowest BCUT2D eigenvalue weighted by Crippen LogP contribution is -2.44. The van der Waals surface area contributed by atoms with E-state index in [1.807, 2.05) is 30.5 Å². The molecule has 32 heavy (non-hydrogen) atoms. The summed E-state index contributed by atoms with van der Waals surface area (Å²) in [4.78, 5) is 21.5. The van der Waals surface area contributed by atoms with Crippen LogP contribution in [0.4, 0.5) is 0 Å². The van der Waals surface area contributed by atoms with Gasteiger partial charge in [-0.15, -0.1) is 0 Å². The van der Waals surface area contributed by atoms with Crippen LogP contribution in [-0.2, 0) is 16.9 Å².